The van der Waals surface area contributed by atoms with E-state index < -0.39 is 0 Å². The lowest BCUT2D eigenvalue weighted by Gasteiger charge is -2.32. The molecule has 1 amide bonds. The van der Waals surface area contributed by atoms with E-state index in [0.717, 1.165) is 11.5 Å². The minimum absolute atomic E-state index is 0.00424. The second kappa shape index (κ2) is 6.37. The van der Waals surface area contributed by atoms with Crippen molar-refractivity contribution < 1.29 is 9.53 Å². The third-order valence-electron chi connectivity index (χ3n) is 3.44. The van der Waals surface area contributed by atoms with Crippen molar-refractivity contribution in [3.63, 3.8) is 0 Å². The summed E-state index contributed by atoms with van der Waals surface area (Å²) in [7, 11) is 1.81. The molecule has 0 spiro atoms. The highest BCUT2D eigenvalue weighted by molar-refractivity contribution is 7.11. The number of hydrogen-bond donors (Lipinski definition) is 1. The average Bonchev–Trinajstić information content (AvgIpc) is 3.08. The first-order valence-corrected chi connectivity index (χ1v) is 7.88. The molecule has 0 saturated carbocycles. The first-order valence-electron chi connectivity index (χ1n) is 7.00. The third kappa shape index (κ3) is 3.07. The lowest BCUT2D eigenvalue weighted by atomic mass is 10.2. The number of nitrogens with zero attached hydrogens (tertiary/aromatic N) is 4. The number of aromatic nitrogens is 3. The highest BCUT2D eigenvalue weighted by atomic mass is 32.1. The summed E-state index contributed by atoms with van der Waals surface area (Å²) in [6.45, 7) is 3.40. The second-order valence-corrected chi connectivity index (χ2v) is 5.84. The number of thiazole rings is 1. The minimum Gasteiger partial charge on any atom is -0.373 e. The van der Waals surface area contributed by atoms with Crippen LogP contribution in [0.4, 0.5) is 5.82 Å². The zero-order chi connectivity index (χ0) is 15.5. The molecule has 1 saturated heterocycles. The van der Waals surface area contributed by atoms with Crippen LogP contribution in [0.3, 0.4) is 0 Å². The summed E-state index contributed by atoms with van der Waals surface area (Å²) in [5.74, 6) is 1.42. The van der Waals surface area contributed by atoms with Gasteiger partial charge in [-0.25, -0.2) is 9.97 Å². The van der Waals surface area contributed by atoms with Crippen LogP contribution in [0.15, 0.2) is 17.8 Å². The van der Waals surface area contributed by atoms with Crippen LogP contribution >= 0.6 is 11.3 Å². The van der Waals surface area contributed by atoms with Crippen LogP contribution in [0.2, 0.25) is 0 Å². The Labute approximate surface area is 132 Å². The van der Waals surface area contributed by atoms with Gasteiger partial charge >= 0.3 is 0 Å². The maximum absolute atomic E-state index is 12.4. The van der Waals surface area contributed by atoms with E-state index in [1.54, 1.807) is 16.6 Å². The number of ether oxygens (including phenoxy) is 1. The molecule has 116 valence electrons. The summed E-state index contributed by atoms with van der Waals surface area (Å²) >= 11 is 1.35. The molecule has 2 aromatic heterocycles. The summed E-state index contributed by atoms with van der Waals surface area (Å²) < 4.78 is 5.79. The number of hydrogen-bond acceptors (Lipinski definition) is 7. The van der Waals surface area contributed by atoms with Crippen LogP contribution in [0.25, 0.3) is 0 Å². The van der Waals surface area contributed by atoms with Crippen LogP contribution in [0.1, 0.15) is 27.3 Å². The number of carbonyl (C=O) groups excluding carboxylic acids is 1. The molecule has 7 nitrogen and oxygen atoms in total. The van der Waals surface area contributed by atoms with E-state index in [0.29, 0.717) is 30.4 Å². The van der Waals surface area contributed by atoms with Crippen LogP contribution in [0, 0.1) is 6.92 Å². The van der Waals surface area contributed by atoms with Crippen molar-refractivity contribution >= 4 is 23.1 Å². The Morgan fingerprint density at radius 1 is 1.50 bits per heavy atom. The maximum atomic E-state index is 12.4. The van der Waals surface area contributed by atoms with Crippen molar-refractivity contribution in [2.24, 2.45) is 0 Å². The predicted molar refractivity (Wildman–Crippen MR) is 83.0 cm³/mol. The Bertz CT molecular complexity index is 661. The quantitative estimate of drug-likeness (QED) is 0.923. The summed E-state index contributed by atoms with van der Waals surface area (Å²) in [5.41, 5.74) is 2.46. The fourth-order valence-corrected chi connectivity index (χ4v) is 2.96. The van der Waals surface area contributed by atoms with E-state index in [4.69, 9.17) is 4.74 Å². The number of aryl methyl sites for hydroxylation is 1. The summed E-state index contributed by atoms with van der Waals surface area (Å²) in [6.07, 6.45) is 1.37. The molecule has 1 atom stereocenters. The smallest absolute Gasteiger partial charge is 0.265 e. The molecule has 0 aromatic carbocycles. The van der Waals surface area contributed by atoms with Gasteiger partial charge < -0.3 is 15.0 Å². The molecule has 3 rings (SSSR count). The summed E-state index contributed by atoms with van der Waals surface area (Å²) in [6, 6.07) is 1.86. The minimum atomic E-state index is -0.237. The zero-order valence-corrected chi connectivity index (χ0v) is 13.3. The van der Waals surface area contributed by atoms with Gasteiger partial charge in [0.15, 0.2) is 0 Å². The van der Waals surface area contributed by atoms with Crippen molar-refractivity contribution in [3.8, 4) is 0 Å². The summed E-state index contributed by atoms with van der Waals surface area (Å²) in [5, 5.41) is 3.01. The fraction of sp³-hybridized carbons (Fsp3) is 0.429. The molecular formula is C14H17N5O2S. The van der Waals surface area contributed by atoms with Gasteiger partial charge in [-0.3, -0.25) is 9.78 Å². The molecule has 1 fully saturated rings. The molecule has 0 bridgehead atoms. The highest BCUT2D eigenvalue weighted by Gasteiger charge is 2.28. The van der Waals surface area contributed by atoms with E-state index in [1.807, 2.05) is 20.0 Å². The monoisotopic (exact) mass is 319 g/mol. The SMILES string of the molecule is CNc1cc(C2CN(C(=O)c3cncs3)CCO2)nc(C)n1. The number of anilines is 1. The van der Waals surface area contributed by atoms with Gasteiger partial charge in [-0.15, -0.1) is 11.3 Å². The first-order chi connectivity index (χ1) is 10.7. The van der Waals surface area contributed by atoms with Crippen LogP contribution < -0.4 is 5.32 Å². The van der Waals surface area contributed by atoms with Crippen LogP contribution in [-0.4, -0.2) is 52.5 Å². The van der Waals surface area contributed by atoms with E-state index in [-0.39, 0.29) is 12.0 Å². The molecule has 0 radical (unpaired) electrons. The topological polar surface area (TPSA) is 80.2 Å². The molecule has 1 N–H and O–H groups in total. The van der Waals surface area contributed by atoms with Crippen molar-refractivity contribution in [1.29, 1.82) is 0 Å². The Kier molecular flexibility index (Phi) is 4.30. The van der Waals surface area contributed by atoms with Gasteiger partial charge in [0.2, 0.25) is 0 Å². The van der Waals surface area contributed by atoms with E-state index in [2.05, 4.69) is 20.3 Å². The third-order valence-corrected chi connectivity index (χ3v) is 4.20. The molecule has 2 aromatic rings. The van der Waals surface area contributed by atoms with Crippen LogP contribution in [-0.2, 0) is 4.74 Å². The number of carbonyl (C=O) groups is 1. The standard InChI is InChI=1S/C14H17N5O2S/c1-9-17-10(5-13(15-2)18-9)11-7-19(3-4-21-11)14(20)12-6-16-8-22-12/h5-6,8,11H,3-4,7H2,1-2H3,(H,15,17,18). The number of nitrogens with one attached hydrogen (secondary N) is 1. The molecule has 1 unspecified atom stereocenters. The zero-order valence-electron chi connectivity index (χ0n) is 12.4. The number of rotatable bonds is 3. The van der Waals surface area contributed by atoms with Gasteiger partial charge in [-0.05, 0) is 6.92 Å². The Balaban J connectivity index is 1.78. The van der Waals surface area contributed by atoms with Crippen molar-refractivity contribution in [2.75, 3.05) is 32.1 Å². The fourth-order valence-electron chi connectivity index (χ4n) is 2.37. The maximum Gasteiger partial charge on any atom is 0.265 e. The first kappa shape index (κ1) is 14.9. The van der Waals surface area contributed by atoms with Gasteiger partial charge in [0, 0.05) is 19.7 Å². The second-order valence-electron chi connectivity index (χ2n) is 4.95. The Morgan fingerprint density at radius 2 is 2.36 bits per heavy atom. The number of morpholine rings is 1. The van der Waals surface area contributed by atoms with Gasteiger partial charge in [-0.2, -0.15) is 0 Å². The molecule has 1 aliphatic heterocycles. The largest absolute Gasteiger partial charge is 0.373 e. The van der Waals surface area contributed by atoms with Gasteiger partial charge in [0.05, 0.1) is 30.6 Å². The molecule has 1 aliphatic rings. The predicted octanol–water partition coefficient (Wildman–Crippen LogP) is 1.50. The summed E-state index contributed by atoms with van der Waals surface area (Å²) in [4.78, 5) is 27.5. The van der Waals surface area contributed by atoms with E-state index in [9.17, 15) is 4.79 Å². The van der Waals surface area contributed by atoms with Crippen molar-refractivity contribution in [2.45, 2.75) is 13.0 Å². The van der Waals surface area contributed by atoms with E-state index in [1.165, 1.54) is 11.3 Å². The van der Waals surface area contributed by atoms with Gasteiger partial charge in [0.1, 0.15) is 22.6 Å². The van der Waals surface area contributed by atoms with Crippen molar-refractivity contribution in [1.82, 2.24) is 19.9 Å². The Morgan fingerprint density at radius 3 is 3.09 bits per heavy atom. The molecule has 3 heterocycles. The lowest BCUT2D eigenvalue weighted by Crippen LogP contribution is -2.42. The molecule has 22 heavy (non-hydrogen) atoms. The normalized spacial score (nSPS) is 18.3. The molecule has 0 aliphatic carbocycles. The van der Waals surface area contributed by atoms with E-state index >= 15 is 0 Å². The van der Waals surface area contributed by atoms with Crippen molar-refractivity contribution in [3.05, 3.63) is 34.2 Å². The average molecular weight is 319 g/mol. The highest BCUT2D eigenvalue weighted by Crippen LogP contribution is 2.24. The van der Waals surface area contributed by atoms with Gasteiger partial charge in [-0.1, -0.05) is 0 Å². The number of amides is 1. The lowest BCUT2D eigenvalue weighted by molar-refractivity contribution is -0.0246. The van der Waals surface area contributed by atoms with Crippen LogP contribution in [0.5, 0.6) is 0 Å². The van der Waals surface area contributed by atoms with Gasteiger partial charge in [0.25, 0.3) is 5.91 Å². The molecule has 8 heteroatoms. The Hall–Kier alpha value is -2.06. The molecular weight excluding hydrogens is 302 g/mol.